The van der Waals surface area contributed by atoms with E-state index in [2.05, 4.69) is 35.3 Å². The summed E-state index contributed by atoms with van der Waals surface area (Å²) in [7, 11) is -4.39. The average molecular weight is 494 g/mol. The summed E-state index contributed by atoms with van der Waals surface area (Å²) < 4.78 is 108. The molecule has 1 saturated carbocycles. The van der Waals surface area contributed by atoms with Gasteiger partial charge < -0.3 is 4.42 Å². The van der Waals surface area contributed by atoms with Crippen LogP contribution >= 0.6 is 15.9 Å². The number of halogens is 7. The SMILES string of the molecule is O=S(=O)(NC1(c2nnc(C(F)(F)F)o2)CC1)c1ccc(C(F)(F)F)cc1CBr. The highest BCUT2D eigenvalue weighted by Crippen LogP contribution is 2.47. The average Bonchev–Trinajstić information content (AvgIpc) is 3.15. The molecular formula is C14H10BrF6N3O3S. The lowest BCUT2D eigenvalue weighted by Gasteiger charge is -2.17. The van der Waals surface area contributed by atoms with Gasteiger partial charge in [0.05, 0.1) is 10.5 Å². The van der Waals surface area contributed by atoms with E-state index in [1.54, 1.807) is 0 Å². The summed E-state index contributed by atoms with van der Waals surface area (Å²) in [4.78, 5) is -0.445. The second kappa shape index (κ2) is 6.69. The van der Waals surface area contributed by atoms with E-state index in [0.717, 1.165) is 6.07 Å². The predicted molar refractivity (Wildman–Crippen MR) is 84.6 cm³/mol. The smallest absolute Gasteiger partial charge is 0.415 e. The van der Waals surface area contributed by atoms with Crippen LogP contribution in [0.15, 0.2) is 27.5 Å². The molecule has 0 bridgehead atoms. The first-order valence-electron chi connectivity index (χ1n) is 7.50. The summed E-state index contributed by atoms with van der Waals surface area (Å²) in [6, 6.07) is 2.07. The number of benzene rings is 1. The van der Waals surface area contributed by atoms with Crippen molar-refractivity contribution in [3.05, 3.63) is 41.1 Å². The molecule has 14 heteroatoms. The molecule has 0 saturated heterocycles. The van der Waals surface area contributed by atoms with Gasteiger partial charge >= 0.3 is 18.2 Å². The highest BCUT2D eigenvalue weighted by Gasteiger charge is 2.54. The van der Waals surface area contributed by atoms with Crippen molar-refractivity contribution in [1.29, 1.82) is 0 Å². The number of aromatic nitrogens is 2. The van der Waals surface area contributed by atoms with Crippen molar-refractivity contribution >= 4 is 26.0 Å². The van der Waals surface area contributed by atoms with Crippen LogP contribution in [-0.4, -0.2) is 18.6 Å². The molecular weight excluding hydrogens is 484 g/mol. The normalized spacial score (nSPS) is 17.0. The lowest BCUT2D eigenvalue weighted by Crippen LogP contribution is -2.35. The van der Waals surface area contributed by atoms with E-state index in [4.69, 9.17) is 0 Å². The van der Waals surface area contributed by atoms with Crippen LogP contribution in [0.3, 0.4) is 0 Å². The number of hydrogen-bond donors (Lipinski definition) is 1. The fourth-order valence-corrected chi connectivity index (χ4v) is 4.74. The fourth-order valence-electron chi connectivity index (χ4n) is 2.45. The molecule has 1 heterocycles. The Bertz CT molecular complexity index is 998. The largest absolute Gasteiger partial charge is 0.470 e. The molecule has 0 spiro atoms. The van der Waals surface area contributed by atoms with E-state index >= 15 is 0 Å². The van der Waals surface area contributed by atoms with Crippen LogP contribution in [0.5, 0.6) is 0 Å². The molecule has 154 valence electrons. The molecule has 1 N–H and O–H groups in total. The Hall–Kier alpha value is -1.67. The van der Waals surface area contributed by atoms with Crippen LogP contribution in [-0.2, 0) is 33.2 Å². The van der Waals surface area contributed by atoms with Gasteiger partial charge in [-0.05, 0) is 36.6 Å². The van der Waals surface area contributed by atoms with Gasteiger partial charge in [0.2, 0.25) is 15.9 Å². The molecule has 0 atom stereocenters. The summed E-state index contributed by atoms with van der Waals surface area (Å²) in [6.45, 7) is 0. The van der Waals surface area contributed by atoms with Crippen LogP contribution in [0.25, 0.3) is 0 Å². The van der Waals surface area contributed by atoms with E-state index in [1.165, 1.54) is 0 Å². The van der Waals surface area contributed by atoms with Crippen molar-refractivity contribution in [3.63, 3.8) is 0 Å². The van der Waals surface area contributed by atoms with Gasteiger partial charge in [-0.25, -0.2) is 8.42 Å². The Labute approximate surface area is 162 Å². The standard InChI is InChI=1S/C14H10BrF6N3O3S/c15-6-7-5-8(13(16,17)18)1-2-9(7)28(25,26)24-12(3-4-12)10-22-23-11(27-10)14(19,20)21/h1-2,5,24H,3-4,6H2. The van der Waals surface area contributed by atoms with Crippen molar-refractivity contribution in [2.24, 2.45) is 0 Å². The van der Waals surface area contributed by atoms with Gasteiger partial charge in [-0.3, -0.25) is 0 Å². The molecule has 1 aliphatic rings. The molecule has 0 aliphatic heterocycles. The van der Waals surface area contributed by atoms with Crippen LogP contribution in [0.4, 0.5) is 26.3 Å². The van der Waals surface area contributed by atoms with Gasteiger partial charge in [0, 0.05) is 5.33 Å². The molecule has 1 fully saturated rings. The second-order valence-corrected chi connectivity index (χ2v) is 8.26. The van der Waals surface area contributed by atoms with Crippen LogP contribution in [0.2, 0.25) is 0 Å². The maximum Gasteiger partial charge on any atom is 0.470 e. The van der Waals surface area contributed by atoms with Crippen LogP contribution < -0.4 is 4.72 Å². The molecule has 3 rings (SSSR count). The van der Waals surface area contributed by atoms with E-state index in [0.29, 0.717) is 12.1 Å². The molecule has 28 heavy (non-hydrogen) atoms. The Kier molecular flexibility index (Phi) is 5.03. The van der Waals surface area contributed by atoms with Crippen molar-refractivity contribution < 1.29 is 39.2 Å². The summed E-state index contributed by atoms with van der Waals surface area (Å²) in [5.74, 6) is -2.18. The van der Waals surface area contributed by atoms with E-state index in [1.807, 2.05) is 0 Å². The first-order chi connectivity index (χ1) is 12.8. The maximum absolute atomic E-state index is 12.8. The predicted octanol–water partition coefficient (Wildman–Crippen LogP) is 3.97. The Morgan fingerprint density at radius 1 is 1.11 bits per heavy atom. The summed E-state index contributed by atoms with van der Waals surface area (Å²) >= 11 is 2.94. The molecule has 2 aromatic rings. The Morgan fingerprint density at radius 3 is 2.21 bits per heavy atom. The third-order valence-corrected chi connectivity index (χ3v) is 6.22. The number of alkyl halides is 7. The highest BCUT2D eigenvalue weighted by atomic mass is 79.9. The van der Waals surface area contributed by atoms with Crippen LogP contribution in [0.1, 0.15) is 35.7 Å². The van der Waals surface area contributed by atoms with Crippen LogP contribution in [0, 0.1) is 0 Å². The molecule has 0 amide bonds. The van der Waals surface area contributed by atoms with Gasteiger partial charge in [-0.15, -0.1) is 10.2 Å². The first-order valence-corrected chi connectivity index (χ1v) is 10.1. The monoisotopic (exact) mass is 493 g/mol. The van der Waals surface area contributed by atoms with Gasteiger partial charge in [0.15, 0.2) is 0 Å². The number of sulfonamides is 1. The van der Waals surface area contributed by atoms with Crippen molar-refractivity contribution in [1.82, 2.24) is 14.9 Å². The van der Waals surface area contributed by atoms with Gasteiger partial charge in [0.1, 0.15) is 5.54 Å². The van der Waals surface area contributed by atoms with Crippen molar-refractivity contribution in [2.75, 3.05) is 0 Å². The maximum atomic E-state index is 12.8. The quantitative estimate of drug-likeness (QED) is 0.503. The number of nitrogens with one attached hydrogen (secondary N) is 1. The lowest BCUT2D eigenvalue weighted by molar-refractivity contribution is -0.157. The summed E-state index contributed by atoms with van der Waals surface area (Å²) in [5.41, 5.74) is -2.73. The van der Waals surface area contributed by atoms with Gasteiger partial charge in [-0.1, -0.05) is 15.9 Å². The van der Waals surface area contributed by atoms with Crippen molar-refractivity contribution in [3.8, 4) is 0 Å². The molecule has 1 aromatic carbocycles. The first kappa shape index (κ1) is 21.0. The Morgan fingerprint density at radius 2 is 1.75 bits per heavy atom. The zero-order chi connectivity index (χ0) is 21.0. The van der Waals surface area contributed by atoms with E-state index in [-0.39, 0.29) is 23.7 Å². The Balaban J connectivity index is 1.93. The fraction of sp³-hybridized carbons (Fsp3) is 0.429. The zero-order valence-electron chi connectivity index (χ0n) is 13.5. The number of hydrogen-bond acceptors (Lipinski definition) is 5. The van der Waals surface area contributed by atoms with Crippen molar-refractivity contribution in [2.45, 2.75) is 41.0 Å². The zero-order valence-corrected chi connectivity index (χ0v) is 15.9. The summed E-state index contributed by atoms with van der Waals surface area (Å²) in [5, 5.41) is 5.93. The number of rotatable bonds is 5. The number of nitrogens with zero attached hydrogens (tertiary/aromatic N) is 2. The molecule has 0 unspecified atom stereocenters. The van der Waals surface area contributed by atoms with E-state index < -0.39 is 50.2 Å². The second-order valence-electron chi connectivity index (χ2n) is 6.05. The highest BCUT2D eigenvalue weighted by molar-refractivity contribution is 9.08. The molecule has 1 aliphatic carbocycles. The van der Waals surface area contributed by atoms with E-state index in [9.17, 15) is 34.8 Å². The molecule has 6 nitrogen and oxygen atoms in total. The minimum Gasteiger partial charge on any atom is -0.415 e. The topological polar surface area (TPSA) is 85.1 Å². The summed E-state index contributed by atoms with van der Waals surface area (Å²) in [6.07, 6.45) is -9.37. The third kappa shape index (κ3) is 4.03. The lowest BCUT2D eigenvalue weighted by atomic mass is 10.1. The van der Waals surface area contributed by atoms with Gasteiger partial charge in [0.25, 0.3) is 0 Å². The minimum atomic E-state index is -4.89. The molecule has 1 aromatic heterocycles. The third-order valence-electron chi connectivity index (χ3n) is 3.98. The minimum absolute atomic E-state index is 0.0933. The molecule has 0 radical (unpaired) electrons. The van der Waals surface area contributed by atoms with Gasteiger partial charge in [-0.2, -0.15) is 31.1 Å².